The molecular weight excluding hydrogens is 300 g/mol. The molecule has 1 amide bonds. The number of nitrogens with zero attached hydrogens (tertiary/aromatic N) is 2. The van der Waals surface area contributed by atoms with Crippen molar-refractivity contribution in [2.45, 2.75) is 26.4 Å². The second kappa shape index (κ2) is 5.09. The van der Waals surface area contributed by atoms with Crippen molar-refractivity contribution in [1.29, 1.82) is 0 Å². The molecule has 1 aliphatic heterocycles. The van der Waals surface area contributed by atoms with E-state index in [1.54, 1.807) is 6.20 Å². The van der Waals surface area contributed by atoms with Crippen LogP contribution >= 0.6 is 0 Å². The Morgan fingerprint density at radius 3 is 2.83 bits per heavy atom. The highest BCUT2D eigenvalue weighted by atomic mass is 16.2. The molecule has 1 aliphatic rings. The van der Waals surface area contributed by atoms with Crippen molar-refractivity contribution in [1.82, 2.24) is 15.3 Å². The molecule has 24 heavy (non-hydrogen) atoms. The van der Waals surface area contributed by atoms with Crippen molar-refractivity contribution in [3.8, 4) is 11.1 Å². The van der Waals surface area contributed by atoms with E-state index in [9.17, 15) is 4.79 Å². The average molecular weight is 320 g/mol. The van der Waals surface area contributed by atoms with E-state index >= 15 is 0 Å². The van der Waals surface area contributed by atoms with Gasteiger partial charge in [0.15, 0.2) is 0 Å². The summed E-state index contributed by atoms with van der Waals surface area (Å²) in [4.78, 5) is 22.2. The van der Waals surface area contributed by atoms with E-state index in [0.29, 0.717) is 0 Å². The standard InChI is InChI=1S/C19H20N4O/c1-4-23-16-10-12(7-8-14(16)18(24)22-19(23,2)3)15-11-21-17-13(15)6-5-9-20-17/h5-11H,4H2,1-3H3,(H,20,21)(H,22,24). The number of rotatable bonds is 2. The molecule has 2 aromatic heterocycles. The van der Waals surface area contributed by atoms with E-state index in [1.165, 1.54) is 0 Å². The van der Waals surface area contributed by atoms with Crippen molar-refractivity contribution in [2.75, 3.05) is 11.4 Å². The number of aromatic amines is 1. The van der Waals surface area contributed by atoms with Gasteiger partial charge in [-0.3, -0.25) is 4.79 Å². The molecule has 0 saturated heterocycles. The number of anilines is 1. The largest absolute Gasteiger partial charge is 0.349 e. The molecular formula is C19H20N4O. The summed E-state index contributed by atoms with van der Waals surface area (Å²) in [5.41, 5.74) is 4.34. The number of hydrogen-bond acceptors (Lipinski definition) is 3. The number of hydrogen-bond donors (Lipinski definition) is 2. The van der Waals surface area contributed by atoms with Gasteiger partial charge in [-0.1, -0.05) is 6.07 Å². The van der Waals surface area contributed by atoms with Gasteiger partial charge in [0, 0.05) is 29.9 Å². The first-order valence-corrected chi connectivity index (χ1v) is 8.18. The van der Waals surface area contributed by atoms with Crippen LogP contribution < -0.4 is 10.2 Å². The van der Waals surface area contributed by atoms with Crippen LogP contribution in [0.3, 0.4) is 0 Å². The van der Waals surface area contributed by atoms with Gasteiger partial charge in [0.2, 0.25) is 0 Å². The average Bonchev–Trinajstić information content (AvgIpc) is 2.98. The SMILES string of the molecule is CCN1c2cc(-c3c[nH]c4ncccc34)ccc2C(=O)NC1(C)C. The normalized spacial score (nSPS) is 16.1. The monoisotopic (exact) mass is 320 g/mol. The van der Waals surface area contributed by atoms with Crippen LogP contribution in [0.1, 0.15) is 31.1 Å². The fourth-order valence-corrected chi connectivity index (χ4v) is 3.59. The van der Waals surface area contributed by atoms with Crippen LogP contribution in [0.2, 0.25) is 0 Å². The topological polar surface area (TPSA) is 61.0 Å². The van der Waals surface area contributed by atoms with Crippen molar-refractivity contribution < 1.29 is 4.79 Å². The molecule has 0 unspecified atom stereocenters. The summed E-state index contributed by atoms with van der Waals surface area (Å²) >= 11 is 0. The smallest absolute Gasteiger partial charge is 0.255 e. The molecule has 0 saturated carbocycles. The van der Waals surface area contributed by atoms with E-state index < -0.39 is 5.66 Å². The zero-order chi connectivity index (χ0) is 16.9. The Morgan fingerprint density at radius 1 is 1.21 bits per heavy atom. The number of pyridine rings is 1. The summed E-state index contributed by atoms with van der Waals surface area (Å²) < 4.78 is 0. The van der Waals surface area contributed by atoms with Crippen LogP contribution in [0.25, 0.3) is 22.2 Å². The van der Waals surface area contributed by atoms with Crippen LogP contribution in [0.4, 0.5) is 5.69 Å². The van der Waals surface area contributed by atoms with Gasteiger partial charge in [0.1, 0.15) is 11.3 Å². The van der Waals surface area contributed by atoms with Gasteiger partial charge < -0.3 is 15.2 Å². The summed E-state index contributed by atoms with van der Waals surface area (Å²) in [6.07, 6.45) is 3.75. The molecule has 5 heteroatoms. The van der Waals surface area contributed by atoms with Gasteiger partial charge in [0.25, 0.3) is 5.91 Å². The number of carbonyl (C=O) groups excluding carboxylic acids is 1. The molecule has 122 valence electrons. The Labute approximate surface area is 140 Å². The first kappa shape index (κ1) is 14.8. The number of amides is 1. The first-order chi connectivity index (χ1) is 11.5. The van der Waals surface area contributed by atoms with Crippen LogP contribution in [0.5, 0.6) is 0 Å². The predicted molar refractivity (Wildman–Crippen MR) is 96.1 cm³/mol. The zero-order valence-corrected chi connectivity index (χ0v) is 14.1. The van der Waals surface area contributed by atoms with Gasteiger partial charge in [0.05, 0.1) is 11.3 Å². The molecule has 3 aromatic rings. The van der Waals surface area contributed by atoms with Crippen LogP contribution in [0.15, 0.2) is 42.7 Å². The molecule has 2 N–H and O–H groups in total. The number of H-pyrrole nitrogens is 1. The summed E-state index contributed by atoms with van der Waals surface area (Å²) in [5.74, 6) is -0.0214. The molecule has 1 aromatic carbocycles. The number of carbonyl (C=O) groups is 1. The first-order valence-electron chi connectivity index (χ1n) is 8.18. The van der Waals surface area contributed by atoms with E-state index in [2.05, 4.69) is 39.2 Å². The predicted octanol–water partition coefficient (Wildman–Crippen LogP) is 3.54. The molecule has 0 atom stereocenters. The highest BCUT2D eigenvalue weighted by Crippen LogP contribution is 2.36. The minimum Gasteiger partial charge on any atom is -0.349 e. The molecule has 0 fully saturated rings. The highest BCUT2D eigenvalue weighted by molar-refractivity contribution is 6.04. The molecule has 3 heterocycles. The minimum absolute atomic E-state index is 0.0214. The fourth-order valence-electron chi connectivity index (χ4n) is 3.59. The summed E-state index contributed by atoms with van der Waals surface area (Å²) in [5, 5.41) is 4.15. The van der Waals surface area contributed by atoms with Gasteiger partial charge in [-0.15, -0.1) is 0 Å². The lowest BCUT2D eigenvalue weighted by Crippen LogP contribution is -2.60. The van der Waals surface area contributed by atoms with Gasteiger partial charge in [-0.05, 0) is 50.6 Å². The van der Waals surface area contributed by atoms with E-state index in [4.69, 9.17) is 0 Å². The lowest BCUT2D eigenvalue weighted by molar-refractivity contribution is 0.0898. The third kappa shape index (κ3) is 2.08. The van der Waals surface area contributed by atoms with Crippen molar-refractivity contribution in [3.63, 3.8) is 0 Å². The molecule has 0 spiro atoms. The third-order valence-corrected chi connectivity index (χ3v) is 4.71. The fraction of sp³-hybridized carbons (Fsp3) is 0.263. The van der Waals surface area contributed by atoms with Crippen molar-refractivity contribution in [2.24, 2.45) is 0 Å². The second-order valence-corrected chi connectivity index (χ2v) is 6.59. The second-order valence-electron chi connectivity index (χ2n) is 6.59. The Kier molecular flexibility index (Phi) is 3.13. The van der Waals surface area contributed by atoms with Crippen molar-refractivity contribution >= 4 is 22.6 Å². The Hall–Kier alpha value is -2.82. The van der Waals surface area contributed by atoms with Crippen molar-refractivity contribution in [3.05, 3.63) is 48.3 Å². The lowest BCUT2D eigenvalue weighted by Gasteiger charge is -2.44. The summed E-state index contributed by atoms with van der Waals surface area (Å²) in [7, 11) is 0. The maximum absolute atomic E-state index is 12.4. The van der Waals surface area contributed by atoms with Crippen LogP contribution in [-0.2, 0) is 0 Å². The number of fused-ring (bicyclic) bond motifs is 2. The van der Waals surface area contributed by atoms with Crippen LogP contribution in [-0.4, -0.2) is 28.1 Å². The Balaban J connectivity index is 1.90. The molecule has 5 nitrogen and oxygen atoms in total. The van der Waals surface area contributed by atoms with E-state index in [0.717, 1.165) is 40.0 Å². The Morgan fingerprint density at radius 2 is 2.04 bits per heavy atom. The molecule has 0 radical (unpaired) electrons. The minimum atomic E-state index is -0.404. The third-order valence-electron chi connectivity index (χ3n) is 4.71. The zero-order valence-electron chi connectivity index (χ0n) is 14.1. The van der Waals surface area contributed by atoms with Crippen LogP contribution in [0, 0.1) is 0 Å². The summed E-state index contributed by atoms with van der Waals surface area (Å²) in [6.45, 7) is 6.98. The van der Waals surface area contributed by atoms with Gasteiger partial charge in [-0.25, -0.2) is 4.98 Å². The molecule has 0 bridgehead atoms. The van der Waals surface area contributed by atoms with Gasteiger partial charge >= 0.3 is 0 Å². The number of aromatic nitrogens is 2. The number of benzene rings is 1. The highest BCUT2D eigenvalue weighted by Gasteiger charge is 2.35. The maximum atomic E-state index is 12.4. The Bertz CT molecular complexity index is 941. The summed E-state index contributed by atoms with van der Waals surface area (Å²) in [6, 6.07) is 10.0. The van der Waals surface area contributed by atoms with E-state index in [1.807, 2.05) is 38.2 Å². The quantitative estimate of drug-likeness (QED) is 0.759. The lowest BCUT2D eigenvalue weighted by atomic mass is 9.97. The van der Waals surface area contributed by atoms with Gasteiger partial charge in [-0.2, -0.15) is 0 Å². The molecule has 0 aliphatic carbocycles. The van der Waals surface area contributed by atoms with E-state index in [-0.39, 0.29) is 5.91 Å². The number of nitrogens with one attached hydrogen (secondary N) is 2. The maximum Gasteiger partial charge on any atom is 0.255 e. The molecule has 4 rings (SSSR count).